The number of hydrogen-bond acceptors (Lipinski definition) is 3. The van der Waals surface area contributed by atoms with Crippen LogP contribution in [0.2, 0.25) is 0 Å². The van der Waals surface area contributed by atoms with Crippen LogP contribution in [0.4, 0.5) is 0 Å². The molecule has 0 unspecified atom stereocenters. The molecular formula is C13H10BrN5. The topological polar surface area (TPSA) is 59.4 Å². The molecule has 94 valence electrons. The molecule has 0 fully saturated rings. The molecule has 6 heteroatoms. The zero-order chi connectivity index (χ0) is 13.6. The van der Waals surface area contributed by atoms with Gasteiger partial charge in [-0.25, -0.2) is 4.98 Å². The second-order valence-corrected chi connectivity index (χ2v) is 5.10. The monoisotopic (exact) mass is 315 g/mol. The molecule has 0 radical (unpaired) electrons. The smallest absolute Gasteiger partial charge is 0.177 e. The average molecular weight is 316 g/mol. The largest absolute Gasteiger partial charge is 0.334 e. The van der Waals surface area contributed by atoms with Gasteiger partial charge in [0.05, 0.1) is 27.5 Å². The molecule has 3 aromatic rings. The lowest BCUT2D eigenvalue weighted by Crippen LogP contribution is -1.94. The minimum atomic E-state index is 0.388. The predicted octanol–water partition coefficient (Wildman–Crippen LogP) is 2.61. The Morgan fingerprint density at radius 2 is 2.11 bits per heavy atom. The van der Waals surface area contributed by atoms with Crippen molar-refractivity contribution in [2.24, 2.45) is 14.1 Å². The highest BCUT2D eigenvalue weighted by molar-refractivity contribution is 9.10. The van der Waals surface area contributed by atoms with Gasteiger partial charge in [-0.15, -0.1) is 0 Å². The fraction of sp³-hybridized carbons (Fsp3) is 0.154. The molecular weight excluding hydrogens is 306 g/mol. The SMILES string of the molecule is Cn1nc(C#N)c(Br)c1-c1ccc2c(c1)ncn2C. The van der Waals surface area contributed by atoms with Gasteiger partial charge in [0.25, 0.3) is 0 Å². The molecule has 0 aliphatic heterocycles. The van der Waals surface area contributed by atoms with E-state index in [-0.39, 0.29) is 0 Å². The first-order chi connectivity index (χ1) is 9.11. The molecule has 3 rings (SSSR count). The number of benzene rings is 1. The van der Waals surface area contributed by atoms with Crippen LogP contribution in [-0.2, 0) is 14.1 Å². The van der Waals surface area contributed by atoms with Crippen LogP contribution in [0.15, 0.2) is 29.0 Å². The van der Waals surface area contributed by atoms with Gasteiger partial charge >= 0.3 is 0 Å². The van der Waals surface area contributed by atoms with Gasteiger partial charge in [-0.2, -0.15) is 10.4 Å². The first kappa shape index (κ1) is 11.9. The normalized spacial score (nSPS) is 10.8. The van der Waals surface area contributed by atoms with Gasteiger partial charge in [0, 0.05) is 19.7 Å². The summed E-state index contributed by atoms with van der Waals surface area (Å²) in [5, 5.41) is 13.2. The maximum absolute atomic E-state index is 9.01. The summed E-state index contributed by atoms with van der Waals surface area (Å²) < 4.78 is 4.39. The van der Waals surface area contributed by atoms with Crippen LogP contribution in [0.3, 0.4) is 0 Å². The van der Waals surface area contributed by atoms with Crippen molar-refractivity contribution in [3.05, 3.63) is 34.7 Å². The molecule has 0 spiro atoms. The first-order valence-corrected chi connectivity index (χ1v) is 6.45. The van der Waals surface area contributed by atoms with E-state index in [1.165, 1.54) is 0 Å². The molecule has 0 saturated heterocycles. The molecule has 0 aliphatic rings. The zero-order valence-electron chi connectivity index (χ0n) is 10.4. The van der Waals surface area contributed by atoms with Crippen LogP contribution in [0.5, 0.6) is 0 Å². The highest BCUT2D eigenvalue weighted by Gasteiger charge is 2.16. The minimum absolute atomic E-state index is 0.388. The summed E-state index contributed by atoms with van der Waals surface area (Å²) in [6.45, 7) is 0. The standard InChI is InChI=1S/C13H10BrN5/c1-18-7-16-9-5-8(3-4-11(9)18)13-12(14)10(6-15)17-19(13)2/h3-5,7H,1-2H3. The Morgan fingerprint density at radius 3 is 2.79 bits per heavy atom. The second kappa shape index (κ2) is 4.21. The molecule has 0 saturated carbocycles. The van der Waals surface area contributed by atoms with Crippen molar-refractivity contribution in [1.82, 2.24) is 19.3 Å². The number of imidazole rings is 1. The van der Waals surface area contributed by atoms with Gasteiger partial charge in [-0.1, -0.05) is 6.07 Å². The Labute approximate surface area is 118 Å². The maximum atomic E-state index is 9.01. The maximum Gasteiger partial charge on any atom is 0.177 e. The lowest BCUT2D eigenvalue weighted by Gasteiger charge is -2.03. The summed E-state index contributed by atoms with van der Waals surface area (Å²) in [4.78, 5) is 4.34. The van der Waals surface area contributed by atoms with Crippen LogP contribution in [0.1, 0.15) is 5.69 Å². The molecule has 1 aromatic carbocycles. The van der Waals surface area contributed by atoms with Gasteiger partial charge in [-0.05, 0) is 28.1 Å². The molecule has 2 aromatic heterocycles. The number of rotatable bonds is 1. The molecule has 0 aliphatic carbocycles. The molecule has 2 heterocycles. The van der Waals surface area contributed by atoms with Gasteiger partial charge in [-0.3, -0.25) is 4.68 Å². The van der Waals surface area contributed by atoms with E-state index in [2.05, 4.69) is 32.1 Å². The lowest BCUT2D eigenvalue weighted by atomic mass is 10.1. The van der Waals surface area contributed by atoms with Crippen LogP contribution in [0, 0.1) is 11.3 Å². The van der Waals surface area contributed by atoms with E-state index in [0.29, 0.717) is 10.2 Å². The van der Waals surface area contributed by atoms with Crippen molar-refractivity contribution in [2.75, 3.05) is 0 Å². The van der Waals surface area contributed by atoms with E-state index >= 15 is 0 Å². The number of halogens is 1. The van der Waals surface area contributed by atoms with E-state index in [9.17, 15) is 0 Å². The van der Waals surface area contributed by atoms with Crippen molar-refractivity contribution < 1.29 is 0 Å². The van der Waals surface area contributed by atoms with Crippen molar-refractivity contribution in [1.29, 1.82) is 5.26 Å². The number of fused-ring (bicyclic) bond motifs is 1. The molecule has 0 atom stereocenters. The van der Waals surface area contributed by atoms with Crippen molar-refractivity contribution in [2.45, 2.75) is 0 Å². The predicted molar refractivity (Wildman–Crippen MR) is 75.3 cm³/mol. The number of nitriles is 1. The third kappa shape index (κ3) is 1.74. The van der Waals surface area contributed by atoms with Gasteiger partial charge < -0.3 is 4.57 Å². The van der Waals surface area contributed by atoms with E-state index in [0.717, 1.165) is 22.3 Å². The molecule has 0 amide bonds. The summed E-state index contributed by atoms with van der Waals surface area (Å²) >= 11 is 3.44. The number of aromatic nitrogens is 4. The lowest BCUT2D eigenvalue weighted by molar-refractivity contribution is 0.771. The fourth-order valence-electron chi connectivity index (χ4n) is 2.17. The summed E-state index contributed by atoms with van der Waals surface area (Å²) in [6.07, 6.45) is 1.79. The Hall–Kier alpha value is -2.13. The number of nitrogens with zero attached hydrogens (tertiary/aromatic N) is 5. The first-order valence-electron chi connectivity index (χ1n) is 5.66. The zero-order valence-corrected chi connectivity index (χ0v) is 12.0. The highest BCUT2D eigenvalue weighted by Crippen LogP contribution is 2.31. The van der Waals surface area contributed by atoms with Crippen LogP contribution in [0.25, 0.3) is 22.3 Å². The third-order valence-corrected chi connectivity index (χ3v) is 3.85. The summed E-state index contributed by atoms with van der Waals surface area (Å²) in [7, 11) is 3.78. The molecule has 19 heavy (non-hydrogen) atoms. The summed E-state index contributed by atoms with van der Waals surface area (Å²) in [6, 6.07) is 8.09. The summed E-state index contributed by atoms with van der Waals surface area (Å²) in [5.41, 5.74) is 4.24. The number of aryl methyl sites for hydroxylation is 2. The fourth-order valence-corrected chi connectivity index (χ4v) is 2.82. The Balaban J connectivity index is 2.25. The second-order valence-electron chi connectivity index (χ2n) is 4.31. The van der Waals surface area contributed by atoms with E-state index < -0.39 is 0 Å². The molecule has 5 nitrogen and oxygen atoms in total. The van der Waals surface area contributed by atoms with E-state index in [1.54, 1.807) is 11.0 Å². The van der Waals surface area contributed by atoms with Crippen LogP contribution < -0.4 is 0 Å². The number of hydrogen-bond donors (Lipinski definition) is 0. The van der Waals surface area contributed by atoms with Crippen molar-refractivity contribution in [3.8, 4) is 17.3 Å². The highest BCUT2D eigenvalue weighted by atomic mass is 79.9. The Kier molecular flexibility index (Phi) is 2.64. The van der Waals surface area contributed by atoms with Crippen LogP contribution in [-0.4, -0.2) is 19.3 Å². The van der Waals surface area contributed by atoms with Crippen LogP contribution >= 0.6 is 15.9 Å². The Morgan fingerprint density at radius 1 is 1.32 bits per heavy atom. The minimum Gasteiger partial charge on any atom is -0.334 e. The van der Waals surface area contributed by atoms with Gasteiger partial charge in [0.1, 0.15) is 6.07 Å². The summed E-state index contributed by atoms with van der Waals surface area (Å²) in [5.74, 6) is 0. The molecule has 0 N–H and O–H groups in total. The third-order valence-electron chi connectivity index (χ3n) is 3.09. The van der Waals surface area contributed by atoms with Crippen molar-refractivity contribution in [3.63, 3.8) is 0 Å². The van der Waals surface area contributed by atoms with Crippen molar-refractivity contribution >= 4 is 27.0 Å². The average Bonchev–Trinajstić information content (AvgIpc) is 2.90. The van der Waals surface area contributed by atoms with Gasteiger partial charge in [0.15, 0.2) is 5.69 Å². The van der Waals surface area contributed by atoms with E-state index in [4.69, 9.17) is 5.26 Å². The van der Waals surface area contributed by atoms with E-state index in [1.807, 2.05) is 36.9 Å². The van der Waals surface area contributed by atoms with Gasteiger partial charge in [0.2, 0.25) is 0 Å². The quantitative estimate of drug-likeness (QED) is 0.693. The molecule has 0 bridgehead atoms. The Bertz CT molecular complexity index is 822.